The molecule has 7 nitrogen and oxygen atoms in total. The number of nitrogens with one attached hydrogen (secondary N) is 1. The zero-order chi connectivity index (χ0) is 25.7. The molecule has 0 unspecified atom stereocenters. The van der Waals surface area contributed by atoms with Crippen molar-refractivity contribution in [1.82, 2.24) is 5.32 Å². The van der Waals surface area contributed by atoms with E-state index in [2.05, 4.69) is 5.32 Å². The smallest absolute Gasteiger partial charge is 0.189 e. The Morgan fingerprint density at radius 3 is 2.43 bits per heavy atom. The molecule has 0 amide bonds. The Hall–Kier alpha value is -1.50. The molecule has 5 rings (SSSR count). The van der Waals surface area contributed by atoms with Crippen LogP contribution in [0.15, 0.2) is 41.3 Å². The van der Waals surface area contributed by atoms with Crippen molar-refractivity contribution in [3.63, 3.8) is 0 Å². The monoisotopic (exact) mass is 597 g/mol. The molecule has 0 saturated carbocycles. The maximum absolute atomic E-state index is 15.4. The number of hydrogen-bond acceptors (Lipinski definition) is 7. The predicted octanol–water partition coefficient (Wildman–Crippen LogP) is 3.67. The van der Waals surface area contributed by atoms with E-state index in [9.17, 15) is 21.2 Å². The third-order valence-corrected chi connectivity index (χ3v) is 12.6. The van der Waals surface area contributed by atoms with Crippen LogP contribution >= 0.6 is 24.0 Å². The van der Waals surface area contributed by atoms with Crippen LogP contribution in [0.1, 0.15) is 24.8 Å². The highest BCUT2D eigenvalue weighted by Gasteiger charge is 2.61. The van der Waals surface area contributed by atoms with Gasteiger partial charge in [0.25, 0.3) is 0 Å². The van der Waals surface area contributed by atoms with Gasteiger partial charge in [0.1, 0.15) is 10.6 Å². The third-order valence-electron chi connectivity index (χ3n) is 7.56. The number of fused-ring (bicyclic) bond motifs is 3. The Bertz CT molecular complexity index is 1370. The summed E-state index contributed by atoms with van der Waals surface area (Å²) in [6, 6.07) is 7.29. The molecule has 0 spiro atoms. The van der Waals surface area contributed by atoms with E-state index >= 15 is 4.39 Å². The molecule has 2 aromatic carbocycles. The van der Waals surface area contributed by atoms with Gasteiger partial charge in [-0.3, -0.25) is 0 Å². The van der Waals surface area contributed by atoms with Gasteiger partial charge in [-0.25, -0.2) is 25.6 Å². The fourth-order valence-corrected chi connectivity index (χ4v) is 9.93. The first-order chi connectivity index (χ1) is 17.1. The van der Waals surface area contributed by atoms with Crippen LogP contribution in [0, 0.1) is 17.6 Å². The van der Waals surface area contributed by atoms with Gasteiger partial charge in [-0.05, 0) is 62.2 Å². The van der Waals surface area contributed by atoms with Gasteiger partial charge in [0.2, 0.25) is 0 Å². The van der Waals surface area contributed by atoms with Gasteiger partial charge in [-0.15, -0.1) is 12.4 Å². The molecule has 204 valence electrons. The van der Waals surface area contributed by atoms with Crippen LogP contribution < -0.4 is 10.1 Å². The maximum atomic E-state index is 15.4. The van der Waals surface area contributed by atoms with Crippen molar-refractivity contribution in [2.75, 3.05) is 32.1 Å². The standard InChI is InChI=1S/C24H26ClF2NO6S2.ClH/c25-15-1-3-16(4-2-15)36(31,32)24-9-11-33-21(8-12-35(29,30)17-7-10-28-13-17)18(24)14-34-23-20(27)6-5-19(26)22(23)24;/h1-6,17-18,21,28H,7-14H2;1H/t17-,18-,21-,24-;/m0./s1. The SMILES string of the molecule is Cl.O=S(=O)(CC[C@@H]1OCC[C@@]2(S(=O)(=O)c3ccc(Cl)cc3)c3c(F)ccc(F)c3OC[C@@H]12)[C@H]1CCNC1. The topological polar surface area (TPSA) is 98.8 Å². The Morgan fingerprint density at radius 2 is 1.76 bits per heavy atom. The molecular formula is C24H27Cl2F2NO6S2. The van der Waals surface area contributed by atoms with Crippen molar-refractivity contribution < 1.29 is 35.1 Å². The molecule has 3 aliphatic rings. The molecular weight excluding hydrogens is 571 g/mol. The summed E-state index contributed by atoms with van der Waals surface area (Å²) in [4.78, 5) is -0.0984. The lowest BCUT2D eigenvalue weighted by Gasteiger charge is -2.50. The van der Waals surface area contributed by atoms with Gasteiger partial charge >= 0.3 is 0 Å². The Labute approximate surface area is 226 Å². The van der Waals surface area contributed by atoms with Crippen LogP contribution in [0.5, 0.6) is 5.75 Å². The zero-order valence-corrected chi connectivity index (χ0v) is 22.9. The summed E-state index contributed by atoms with van der Waals surface area (Å²) < 4.78 is 94.1. The Balaban J connectivity index is 0.00000320. The minimum atomic E-state index is -4.34. The van der Waals surface area contributed by atoms with Crippen LogP contribution in [0.2, 0.25) is 5.02 Å². The molecule has 13 heteroatoms. The number of halogens is 4. The van der Waals surface area contributed by atoms with E-state index in [1.807, 2.05) is 0 Å². The van der Waals surface area contributed by atoms with E-state index in [1.54, 1.807) is 0 Å². The lowest BCUT2D eigenvalue weighted by molar-refractivity contribution is -0.0732. The van der Waals surface area contributed by atoms with Gasteiger partial charge in [0, 0.05) is 24.1 Å². The normalized spacial score (nSPS) is 27.5. The van der Waals surface area contributed by atoms with Crippen molar-refractivity contribution >= 4 is 43.7 Å². The highest BCUT2D eigenvalue weighted by Crippen LogP contribution is 2.56. The second-order valence-electron chi connectivity index (χ2n) is 9.43. The average molecular weight is 599 g/mol. The van der Waals surface area contributed by atoms with E-state index in [0.717, 1.165) is 12.1 Å². The molecule has 0 radical (unpaired) electrons. The quantitative estimate of drug-likeness (QED) is 0.542. The summed E-state index contributed by atoms with van der Waals surface area (Å²) in [6.07, 6.45) is -0.486. The van der Waals surface area contributed by atoms with Crippen LogP contribution in [0.3, 0.4) is 0 Å². The molecule has 0 aromatic heterocycles. The highest BCUT2D eigenvalue weighted by atomic mass is 35.5. The van der Waals surface area contributed by atoms with Crippen LogP contribution in [0.4, 0.5) is 8.78 Å². The summed E-state index contributed by atoms with van der Waals surface area (Å²) >= 11 is 5.97. The summed E-state index contributed by atoms with van der Waals surface area (Å²) in [5.74, 6) is -3.38. The summed E-state index contributed by atoms with van der Waals surface area (Å²) in [5.41, 5.74) is -0.371. The largest absolute Gasteiger partial charge is 0.490 e. The first-order valence-corrected chi connectivity index (χ1v) is 15.3. The van der Waals surface area contributed by atoms with E-state index in [0.29, 0.717) is 24.5 Å². The lowest BCUT2D eigenvalue weighted by Crippen LogP contribution is -2.57. The number of benzene rings is 2. The minimum Gasteiger partial charge on any atom is -0.490 e. The second kappa shape index (κ2) is 10.6. The maximum Gasteiger partial charge on any atom is 0.189 e. The molecule has 3 aliphatic heterocycles. The van der Waals surface area contributed by atoms with Crippen LogP contribution in [0.25, 0.3) is 0 Å². The summed E-state index contributed by atoms with van der Waals surface area (Å²) in [6.45, 7) is 0.641. The minimum absolute atomic E-state index is 0. The molecule has 3 heterocycles. The summed E-state index contributed by atoms with van der Waals surface area (Å²) in [7, 11) is -7.81. The molecule has 2 aromatic rings. The van der Waals surface area contributed by atoms with Gasteiger partial charge < -0.3 is 14.8 Å². The third kappa shape index (κ3) is 4.76. The number of sulfone groups is 2. The lowest BCUT2D eigenvalue weighted by atomic mass is 9.75. The first-order valence-electron chi connectivity index (χ1n) is 11.7. The average Bonchev–Trinajstić information content (AvgIpc) is 3.41. The number of hydrogen-bond donors (Lipinski definition) is 1. The fourth-order valence-electron chi connectivity index (χ4n) is 5.72. The van der Waals surface area contributed by atoms with Crippen molar-refractivity contribution in [2.24, 2.45) is 5.92 Å². The van der Waals surface area contributed by atoms with Gasteiger partial charge in [0.05, 0.1) is 34.2 Å². The van der Waals surface area contributed by atoms with Crippen molar-refractivity contribution in [3.8, 4) is 5.75 Å². The van der Waals surface area contributed by atoms with Crippen LogP contribution in [-0.4, -0.2) is 60.2 Å². The highest BCUT2D eigenvalue weighted by molar-refractivity contribution is 7.92. The van der Waals surface area contributed by atoms with E-state index in [-0.39, 0.29) is 54.7 Å². The molecule has 2 fully saturated rings. The van der Waals surface area contributed by atoms with Crippen molar-refractivity contribution in [2.45, 2.75) is 40.3 Å². The van der Waals surface area contributed by atoms with Gasteiger partial charge in [-0.2, -0.15) is 0 Å². The predicted molar refractivity (Wildman–Crippen MR) is 137 cm³/mol. The molecule has 0 bridgehead atoms. The molecule has 37 heavy (non-hydrogen) atoms. The summed E-state index contributed by atoms with van der Waals surface area (Å²) in [5, 5.41) is 2.84. The number of ether oxygens (including phenoxy) is 2. The zero-order valence-electron chi connectivity index (χ0n) is 19.7. The molecule has 2 saturated heterocycles. The van der Waals surface area contributed by atoms with E-state index in [4.69, 9.17) is 21.1 Å². The van der Waals surface area contributed by atoms with Gasteiger partial charge in [-0.1, -0.05) is 11.6 Å². The molecule has 4 atom stereocenters. The molecule has 0 aliphatic carbocycles. The Morgan fingerprint density at radius 1 is 1.05 bits per heavy atom. The fraction of sp³-hybridized carbons (Fsp3) is 0.500. The van der Waals surface area contributed by atoms with Crippen molar-refractivity contribution in [3.05, 3.63) is 58.6 Å². The first kappa shape index (κ1) is 28.5. The van der Waals surface area contributed by atoms with Crippen LogP contribution in [-0.2, 0) is 29.2 Å². The molecule has 1 N–H and O–H groups in total. The Kier molecular flexibility index (Phi) is 8.15. The second-order valence-corrected chi connectivity index (χ2v) is 14.5. The van der Waals surface area contributed by atoms with Gasteiger partial charge in [0.15, 0.2) is 31.2 Å². The number of rotatable bonds is 6. The van der Waals surface area contributed by atoms with E-state index in [1.165, 1.54) is 24.3 Å². The van der Waals surface area contributed by atoms with E-state index < -0.39 is 59.1 Å². The van der Waals surface area contributed by atoms with Crippen molar-refractivity contribution in [1.29, 1.82) is 0 Å².